The second-order valence-corrected chi connectivity index (χ2v) is 4.49. The van der Waals surface area contributed by atoms with Crippen molar-refractivity contribution in [1.29, 1.82) is 0 Å². The fourth-order valence-corrected chi connectivity index (χ4v) is 1.77. The molecule has 0 unspecified atom stereocenters. The van der Waals surface area contributed by atoms with Crippen molar-refractivity contribution in [1.82, 2.24) is 5.06 Å². The minimum atomic E-state index is -1.31. The van der Waals surface area contributed by atoms with Gasteiger partial charge in [-0.05, 0) is 25.5 Å². The fraction of sp³-hybridized carbons (Fsp3) is 0.467. The third kappa shape index (κ3) is 4.71. The van der Waals surface area contributed by atoms with Gasteiger partial charge < -0.3 is 19.8 Å². The Bertz CT molecular complexity index is 505. The van der Waals surface area contributed by atoms with Crippen LogP contribution in [0.4, 0.5) is 0 Å². The highest BCUT2D eigenvalue weighted by Gasteiger charge is 2.28. The lowest BCUT2D eigenvalue weighted by atomic mass is 10.2. The molecule has 1 rings (SSSR count). The second kappa shape index (κ2) is 9.01. The van der Waals surface area contributed by atoms with Crippen LogP contribution in [0.25, 0.3) is 0 Å². The number of aliphatic carboxylic acids is 1. The van der Waals surface area contributed by atoms with Crippen molar-refractivity contribution < 1.29 is 29.4 Å². The largest absolute Gasteiger partial charge is 0.493 e. The van der Waals surface area contributed by atoms with Gasteiger partial charge in [0, 0.05) is 6.54 Å². The fourth-order valence-electron chi connectivity index (χ4n) is 1.77. The molecule has 0 heterocycles. The van der Waals surface area contributed by atoms with Gasteiger partial charge in [0.2, 0.25) is 0 Å². The molecule has 122 valence electrons. The molecule has 0 bridgehead atoms. The molecule has 2 N–H and O–H groups in total. The molecule has 0 aromatic heterocycles. The summed E-state index contributed by atoms with van der Waals surface area (Å²) in [4.78, 5) is 28.4. The lowest BCUT2D eigenvalue weighted by molar-refractivity contribution is -0.175. The number of aliphatic hydroxyl groups excluding tert-OH is 1. The number of hydrogen-bond acceptors (Lipinski definition) is 6. The summed E-state index contributed by atoms with van der Waals surface area (Å²) in [7, 11) is 0. The van der Waals surface area contributed by atoms with E-state index in [1.54, 1.807) is 25.1 Å². The Hall–Kier alpha value is -2.12. The van der Waals surface area contributed by atoms with Crippen molar-refractivity contribution in [3.63, 3.8) is 0 Å². The van der Waals surface area contributed by atoms with Gasteiger partial charge in [0.15, 0.2) is 6.04 Å². The monoisotopic (exact) mass is 311 g/mol. The lowest BCUT2D eigenvalue weighted by Crippen LogP contribution is -2.44. The molecule has 0 fully saturated rings. The van der Waals surface area contributed by atoms with Crippen molar-refractivity contribution in [2.45, 2.75) is 26.3 Å². The Morgan fingerprint density at radius 3 is 2.50 bits per heavy atom. The summed E-state index contributed by atoms with van der Waals surface area (Å²) in [5.74, 6) is -1.62. The number of nitrogens with zero attached hydrogens (tertiary/aromatic N) is 1. The minimum Gasteiger partial charge on any atom is -0.493 e. The highest BCUT2D eigenvalue weighted by molar-refractivity contribution is 5.92. The van der Waals surface area contributed by atoms with Crippen LogP contribution in [0.15, 0.2) is 24.3 Å². The average Bonchev–Trinajstić information content (AvgIpc) is 2.52. The van der Waals surface area contributed by atoms with Gasteiger partial charge in [-0.15, -0.1) is 5.06 Å². The zero-order valence-electron chi connectivity index (χ0n) is 12.7. The molecular weight excluding hydrogens is 290 g/mol. The third-order valence-corrected chi connectivity index (χ3v) is 2.89. The van der Waals surface area contributed by atoms with Crippen LogP contribution in [0.2, 0.25) is 0 Å². The van der Waals surface area contributed by atoms with Gasteiger partial charge in [-0.3, -0.25) is 4.79 Å². The summed E-state index contributed by atoms with van der Waals surface area (Å²) in [5, 5.41) is 19.1. The summed E-state index contributed by atoms with van der Waals surface area (Å²) >= 11 is 0. The molecule has 7 heteroatoms. The minimum absolute atomic E-state index is 0.126. The van der Waals surface area contributed by atoms with Crippen LogP contribution in [0.1, 0.15) is 30.6 Å². The molecular formula is C15H21NO6. The Morgan fingerprint density at radius 2 is 1.95 bits per heavy atom. The molecule has 0 saturated heterocycles. The van der Waals surface area contributed by atoms with Crippen LogP contribution >= 0.6 is 0 Å². The maximum atomic E-state index is 12.2. The number of aliphatic hydroxyl groups is 1. The number of carboxylic acids is 1. The maximum Gasteiger partial charge on any atom is 0.360 e. The highest BCUT2D eigenvalue weighted by Crippen LogP contribution is 2.20. The van der Waals surface area contributed by atoms with Crippen LogP contribution in [0, 0.1) is 0 Å². The standard InChI is InChI=1S/C15H21NO6/c1-3-9-21-13-8-6-5-7-11(13)15(20)22-16(4-2)12(10-17)14(18)19/h5-8,12,17H,3-4,9-10H2,1-2H3,(H,18,19)/t12-/m0/s1. The molecule has 1 atom stereocenters. The summed E-state index contributed by atoms with van der Waals surface area (Å²) in [6.07, 6.45) is 0.788. The van der Waals surface area contributed by atoms with E-state index in [0.29, 0.717) is 12.4 Å². The molecule has 0 aliphatic carbocycles. The van der Waals surface area contributed by atoms with Crippen molar-refractivity contribution in [3.05, 3.63) is 29.8 Å². The smallest absolute Gasteiger partial charge is 0.360 e. The van der Waals surface area contributed by atoms with Crippen molar-refractivity contribution in [2.24, 2.45) is 0 Å². The number of carbonyl (C=O) groups excluding carboxylic acids is 1. The first kappa shape index (κ1) is 17.9. The Labute approximate surface area is 129 Å². The van der Waals surface area contributed by atoms with Crippen LogP contribution in [0.5, 0.6) is 5.75 Å². The number of hydrogen-bond donors (Lipinski definition) is 2. The predicted molar refractivity (Wildman–Crippen MR) is 78.5 cm³/mol. The van der Waals surface area contributed by atoms with Crippen LogP contribution in [-0.4, -0.2) is 53.0 Å². The van der Waals surface area contributed by atoms with Gasteiger partial charge in [0.05, 0.1) is 13.2 Å². The molecule has 0 saturated carbocycles. The van der Waals surface area contributed by atoms with E-state index in [0.717, 1.165) is 11.5 Å². The van der Waals surface area contributed by atoms with E-state index in [1.807, 2.05) is 6.92 Å². The van der Waals surface area contributed by atoms with Crippen LogP contribution in [-0.2, 0) is 9.63 Å². The molecule has 0 spiro atoms. The second-order valence-electron chi connectivity index (χ2n) is 4.49. The van der Waals surface area contributed by atoms with E-state index in [1.165, 1.54) is 6.07 Å². The van der Waals surface area contributed by atoms with E-state index in [2.05, 4.69) is 0 Å². The molecule has 0 amide bonds. The molecule has 0 aliphatic heterocycles. The predicted octanol–water partition coefficient (Wildman–Crippen LogP) is 1.31. The number of ether oxygens (including phenoxy) is 1. The van der Waals surface area contributed by atoms with Gasteiger partial charge in [-0.2, -0.15) is 0 Å². The van der Waals surface area contributed by atoms with Crippen molar-refractivity contribution in [2.75, 3.05) is 19.8 Å². The van der Waals surface area contributed by atoms with Crippen molar-refractivity contribution >= 4 is 11.9 Å². The Kier molecular flexibility index (Phi) is 7.34. The number of para-hydroxylation sites is 1. The Balaban J connectivity index is 2.89. The summed E-state index contributed by atoms with van der Waals surface area (Å²) < 4.78 is 5.47. The summed E-state index contributed by atoms with van der Waals surface area (Å²) in [6.45, 7) is 3.48. The Morgan fingerprint density at radius 1 is 1.27 bits per heavy atom. The third-order valence-electron chi connectivity index (χ3n) is 2.89. The van der Waals surface area contributed by atoms with E-state index >= 15 is 0 Å². The maximum absolute atomic E-state index is 12.2. The van der Waals surface area contributed by atoms with Gasteiger partial charge in [0.25, 0.3) is 0 Å². The summed E-state index contributed by atoms with van der Waals surface area (Å²) in [5.41, 5.74) is 0.205. The molecule has 1 aromatic rings. The topological polar surface area (TPSA) is 96.3 Å². The lowest BCUT2D eigenvalue weighted by Gasteiger charge is -2.24. The van der Waals surface area contributed by atoms with E-state index in [-0.39, 0.29) is 12.1 Å². The van der Waals surface area contributed by atoms with Gasteiger partial charge >= 0.3 is 11.9 Å². The van der Waals surface area contributed by atoms with Crippen LogP contribution in [0.3, 0.4) is 0 Å². The summed E-state index contributed by atoms with van der Waals surface area (Å²) in [6, 6.07) is 5.26. The highest BCUT2D eigenvalue weighted by atomic mass is 16.7. The molecule has 1 aromatic carbocycles. The average molecular weight is 311 g/mol. The SMILES string of the molecule is CCCOc1ccccc1C(=O)ON(CC)[C@@H](CO)C(=O)O. The zero-order chi connectivity index (χ0) is 16.5. The van der Waals surface area contributed by atoms with Crippen molar-refractivity contribution in [3.8, 4) is 5.75 Å². The molecule has 0 aliphatic rings. The first-order valence-electron chi connectivity index (χ1n) is 7.09. The number of rotatable bonds is 9. The number of benzene rings is 1. The first-order valence-corrected chi connectivity index (χ1v) is 7.09. The van der Waals surface area contributed by atoms with Gasteiger partial charge in [-0.25, -0.2) is 4.79 Å². The van der Waals surface area contributed by atoms with E-state index < -0.39 is 24.6 Å². The number of carbonyl (C=O) groups is 2. The first-order chi connectivity index (χ1) is 10.5. The molecule has 7 nitrogen and oxygen atoms in total. The van der Waals surface area contributed by atoms with Gasteiger partial charge in [0.1, 0.15) is 11.3 Å². The number of carboxylic acid groups (broad SMARTS) is 1. The van der Waals surface area contributed by atoms with Gasteiger partial charge in [-0.1, -0.05) is 19.1 Å². The number of likely N-dealkylation sites (N-methyl/N-ethyl adjacent to an activating group) is 1. The number of hydroxylamine groups is 2. The molecule has 0 radical (unpaired) electrons. The quantitative estimate of drug-likeness (QED) is 0.664. The van der Waals surface area contributed by atoms with Crippen LogP contribution < -0.4 is 4.74 Å². The van der Waals surface area contributed by atoms with E-state index in [4.69, 9.17) is 19.8 Å². The normalized spacial score (nSPS) is 12.0. The van der Waals surface area contributed by atoms with E-state index in [9.17, 15) is 9.59 Å². The zero-order valence-corrected chi connectivity index (χ0v) is 12.7. The molecule has 22 heavy (non-hydrogen) atoms.